The number of para-hydroxylation sites is 1. The summed E-state index contributed by atoms with van der Waals surface area (Å²) in [6, 6.07) is 10.8. The summed E-state index contributed by atoms with van der Waals surface area (Å²) in [6.07, 6.45) is 6.37. The quantitative estimate of drug-likeness (QED) is 0.835. The number of benzene rings is 1. The highest BCUT2D eigenvalue weighted by Crippen LogP contribution is 2.33. The highest BCUT2D eigenvalue weighted by molar-refractivity contribution is 5.85. The van der Waals surface area contributed by atoms with Gasteiger partial charge in [0, 0.05) is 37.4 Å². The van der Waals surface area contributed by atoms with Crippen LogP contribution in [0, 0.1) is 5.92 Å². The fourth-order valence-electron chi connectivity index (χ4n) is 4.33. The molecule has 2 N–H and O–H groups in total. The summed E-state index contributed by atoms with van der Waals surface area (Å²) >= 11 is 0. The van der Waals surface area contributed by atoms with Gasteiger partial charge in [0.15, 0.2) is 0 Å². The third-order valence-corrected chi connectivity index (χ3v) is 5.97. The molecule has 1 heterocycles. The van der Waals surface area contributed by atoms with Gasteiger partial charge >= 0.3 is 0 Å². The molecule has 1 aliphatic carbocycles. The lowest BCUT2D eigenvalue weighted by atomic mass is 9.74. The molecule has 3 atom stereocenters. The summed E-state index contributed by atoms with van der Waals surface area (Å²) in [6.45, 7) is 4.04. The van der Waals surface area contributed by atoms with Gasteiger partial charge in [-0.15, -0.1) is 24.8 Å². The molecule has 1 amide bonds. The molecule has 1 aromatic rings. The predicted molar refractivity (Wildman–Crippen MR) is 113 cm³/mol. The van der Waals surface area contributed by atoms with Crippen LogP contribution in [0.5, 0.6) is 0 Å². The monoisotopic (exact) mass is 401 g/mol. The Balaban J connectivity index is 0.00000169. The van der Waals surface area contributed by atoms with Crippen LogP contribution in [-0.2, 0) is 4.79 Å². The average molecular weight is 402 g/mol. The van der Waals surface area contributed by atoms with E-state index in [1.807, 2.05) is 18.0 Å². The number of amides is 1. The molecule has 0 bridgehead atoms. The average Bonchev–Trinajstić information content (AvgIpc) is 2.61. The van der Waals surface area contributed by atoms with Gasteiger partial charge in [0.2, 0.25) is 5.91 Å². The molecule has 0 radical (unpaired) electrons. The van der Waals surface area contributed by atoms with Gasteiger partial charge in [-0.25, -0.2) is 0 Å². The van der Waals surface area contributed by atoms with Crippen molar-refractivity contribution in [3.05, 3.63) is 30.3 Å². The molecule has 1 aliphatic heterocycles. The van der Waals surface area contributed by atoms with Crippen molar-refractivity contribution in [2.24, 2.45) is 11.7 Å². The van der Waals surface area contributed by atoms with Crippen LogP contribution in [0.2, 0.25) is 0 Å². The topological polar surface area (TPSA) is 49.6 Å². The van der Waals surface area contributed by atoms with Gasteiger partial charge in [-0.1, -0.05) is 31.0 Å². The van der Waals surface area contributed by atoms with E-state index in [0.29, 0.717) is 0 Å². The van der Waals surface area contributed by atoms with Gasteiger partial charge in [-0.05, 0) is 44.7 Å². The summed E-state index contributed by atoms with van der Waals surface area (Å²) in [4.78, 5) is 17.5. The van der Waals surface area contributed by atoms with Gasteiger partial charge in [-0.2, -0.15) is 0 Å². The van der Waals surface area contributed by atoms with Crippen molar-refractivity contribution >= 4 is 36.4 Å². The van der Waals surface area contributed by atoms with Gasteiger partial charge in [-0.3, -0.25) is 4.79 Å². The first-order valence-electron chi connectivity index (χ1n) is 9.34. The Hall–Kier alpha value is -0.970. The van der Waals surface area contributed by atoms with Crippen LogP contribution in [0.15, 0.2) is 30.3 Å². The smallest absolute Gasteiger partial charge is 0.227 e. The molecule has 2 aliphatic rings. The van der Waals surface area contributed by atoms with Crippen LogP contribution in [-0.4, -0.2) is 42.5 Å². The number of hydrogen-bond donors (Lipinski definition) is 1. The number of anilines is 1. The molecular weight excluding hydrogens is 369 g/mol. The fourth-order valence-corrected chi connectivity index (χ4v) is 4.33. The number of halogens is 2. The number of hydrogen-bond acceptors (Lipinski definition) is 3. The van der Waals surface area contributed by atoms with Crippen LogP contribution >= 0.6 is 24.8 Å². The summed E-state index contributed by atoms with van der Waals surface area (Å²) in [5.41, 5.74) is 7.35. The van der Waals surface area contributed by atoms with Gasteiger partial charge in [0.25, 0.3) is 0 Å². The Morgan fingerprint density at radius 3 is 2.50 bits per heavy atom. The molecule has 0 spiro atoms. The Labute approximate surface area is 170 Å². The van der Waals surface area contributed by atoms with Crippen LogP contribution in [0.3, 0.4) is 0 Å². The highest BCUT2D eigenvalue weighted by atomic mass is 35.5. The molecule has 26 heavy (non-hydrogen) atoms. The van der Waals surface area contributed by atoms with Crippen LogP contribution in [0.25, 0.3) is 0 Å². The minimum atomic E-state index is -0.350. The summed E-state index contributed by atoms with van der Waals surface area (Å²) in [5, 5.41) is 0. The molecular formula is C20H33Cl2N3O. The van der Waals surface area contributed by atoms with E-state index in [-0.39, 0.29) is 48.2 Å². The lowest BCUT2D eigenvalue weighted by Gasteiger charge is -2.43. The molecule has 2 fully saturated rings. The largest absolute Gasteiger partial charge is 0.369 e. The number of nitrogens with two attached hydrogens (primary N) is 1. The van der Waals surface area contributed by atoms with E-state index >= 15 is 0 Å². The molecule has 1 saturated carbocycles. The lowest BCUT2D eigenvalue weighted by molar-refractivity contribution is -0.139. The zero-order chi connectivity index (χ0) is 17.2. The Bertz CT molecular complexity index is 567. The summed E-state index contributed by atoms with van der Waals surface area (Å²) < 4.78 is 0. The SMILES string of the molecule is CN(C(=O)C1CCCCC1(C)N)C1CCCN(c2ccccc2)C1.Cl.Cl. The first kappa shape index (κ1) is 23.1. The van der Waals surface area contributed by atoms with Crippen molar-refractivity contribution in [3.8, 4) is 0 Å². The van der Waals surface area contributed by atoms with E-state index < -0.39 is 0 Å². The Morgan fingerprint density at radius 1 is 1.15 bits per heavy atom. The first-order chi connectivity index (χ1) is 11.5. The second kappa shape index (κ2) is 9.82. The van der Waals surface area contributed by atoms with Crippen molar-refractivity contribution in [2.75, 3.05) is 25.0 Å². The Morgan fingerprint density at radius 2 is 1.85 bits per heavy atom. The molecule has 1 aromatic carbocycles. The van der Waals surface area contributed by atoms with Crippen molar-refractivity contribution in [1.82, 2.24) is 4.90 Å². The molecule has 6 heteroatoms. The summed E-state index contributed by atoms with van der Waals surface area (Å²) in [5.74, 6) is 0.225. The number of rotatable bonds is 3. The van der Waals surface area contributed by atoms with E-state index in [2.05, 4.69) is 36.1 Å². The maximum absolute atomic E-state index is 13.1. The molecule has 148 valence electrons. The van der Waals surface area contributed by atoms with Crippen molar-refractivity contribution in [3.63, 3.8) is 0 Å². The second-order valence-corrected chi connectivity index (χ2v) is 7.83. The fraction of sp³-hybridized carbons (Fsp3) is 0.650. The van der Waals surface area contributed by atoms with Crippen LogP contribution in [0.4, 0.5) is 5.69 Å². The molecule has 1 saturated heterocycles. The number of piperidine rings is 1. The van der Waals surface area contributed by atoms with Gasteiger partial charge in [0.05, 0.1) is 5.92 Å². The molecule has 3 unspecified atom stereocenters. The highest BCUT2D eigenvalue weighted by Gasteiger charge is 2.40. The molecule has 4 nitrogen and oxygen atoms in total. The standard InChI is InChI=1S/C20H31N3O.2ClH/c1-20(21)13-7-6-12-18(20)19(24)22(2)17-11-8-14-23(15-17)16-9-4-3-5-10-16;;/h3-5,9-10,17-18H,6-8,11-15,21H2,1-2H3;2*1H. The second-order valence-electron chi connectivity index (χ2n) is 7.83. The maximum atomic E-state index is 13.1. The van der Waals surface area contributed by atoms with E-state index in [9.17, 15) is 4.79 Å². The van der Waals surface area contributed by atoms with Crippen molar-refractivity contribution < 1.29 is 4.79 Å². The Kier molecular flexibility index (Phi) is 8.71. The van der Waals surface area contributed by atoms with Crippen LogP contribution in [0.1, 0.15) is 45.4 Å². The molecule has 3 rings (SSSR count). The van der Waals surface area contributed by atoms with Crippen molar-refractivity contribution in [2.45, 2.75) is 57.0 Å². The zero-order valence-electron chi connectivity index (χ0n) is 15.9. The number of likely N-dealkylation sites (N-methyl/N-ethyl adjacent to an activating group) is 1. The first-order valence-corrected chi connectivity index (χ1v) is 9.34. The van der Waals surface area contributed by atoms with Gasteiger partial charge < -0.3 is 15.5 Å². The maximum Gasteiger partial charge on any atom is 0.227 e. The predicted octanol–water partition coefficient (Wildman–Crippen LogP) is 3.87. The van der Waals surface area contributed by atoms with Crippen LogP contribution < -0.4 is 10.6 Å². The third-order valence-electron chi connectivity index (χ3n) is 5.97. The third kappa shape index (κ3) is 5.05. The molecule has 0 aromatic heterocycles. The zero-order valence-corrected chi connectivity index (χ0v) is 17.5. The normalized spacial score (nSPS) is 28.5. The minimum Gasteiger partial charge on any atom is -0.369 e. The van der Waals surface area contributed by atoms with E-state index in [1.165, 1.54) is 5.69 Å². The van der Waals surface area contributed by atoms with Gasteiger partial charge in [0.1, 0.15) is 0 Å². The van der Waals surface area contributed by atoms with Crippen molar-refractivity contribution in [1.29, 1.82) is 0 Å². The van der Waals surface area contributed by atoms with E-state index in [4.69, 9.17) is 5.73 Å². The number of carbonyl (C=O) groups excluding carboxylic acids is 1. The van der Waals surface area contributed by atoms with E-state index in [0.717, 1.165) is 51.6 Å². The number of carbonyl (C=O) groups is 1. The number of nitrogens with zero attached hydrogens (tertiary/aromatic N) is 2. The summed E-state index contributed by atoms with van der Waals surface area (Å²) in [7, 11) is 1.98. The minimum absolute atomic E-state index is 0. The van der Waals surface area contributed by atoms with E-state index in [1.54, 1.807) is 0 Å². The lowest BCUT2D eigenvalue weighted by Crippen LogP contribution is -2.56.